The van der Waals surface area contributed by atoms with Gasteiger partial charge in [-0.3, -0.25) is 0 Å². The second-order valence-electron chi connectivity index (χ2n) is 6.25. The van der Waals surface area contributed by atoms with E-state index in [0.717, 1.165) is 19.5 Å². The van der Waals surface area contributed by atoms with Crippen molar-refractivity contribution in [2.24, 2.45) is 5.92 Å². The third kappa shape index (κ3) is 6.70. The lowest BCUT2D eigenvalue weighted by molar-refractivity contribution is 0.328. The molecule has 0 aliphatic carbocycles. The Balaban J connectivity index is 0.00000338. The molecule has 2 N–H and O–H groups in total. The number of benzene rings is 1. The molecule has 2 rings (SSSR count). The first-order valence-electron chi connectivity index (χ1n) is 8.40. The lowest BCUT2D eigenvalue weighted by Gasteiger charge is -2.29. The molecule has 0 saturated carbocycles. The van der Waals surface area contributed by atoms with Crippen molar-refractivity contribution >= 4 is 32.3 Å². The number of halogens is 1. The highest BCUT2D eigenvalue weighted by Gasteiger charge is 2.26. The molecular formula is C16H27ClN2O5S2. The fourth-order valence-electron chi connectivity index (χ4n) is 2.60. The number of piperidine rings is 1. The van der Waals surface area contributed by atoms with Gasteiger partial charge in [0.05, 0.1) is 10.6 Å². The quantitative estimate of drug-likeness (QED) is 0.647. The maximum Gasteiger partial charge on any atom is 0.240 e. The molecule has 7 nitrogen and oxygen atoms in total. The molecule has 26 heavy (non-hydrogen) atoms. The van der Waals surface area contributed by atoms with Crippen LogP contribution in [0.1, 0.15) is 20.3 Å². The Morgan fingerprint density at radius 2 is 1.85 bits per heavy atom. The maximum absolute atomic E-state index is 12.5. The van der Waals surface area contributed by atoms with E-state index < -0.39 is 19.9 Å². The molecule has 0 aromatic heterocycles. The molecule has 2 atom stereocenters. The van der Waals surface area contributed by atoms with E-state index >= 15 is 0 Å². The Morgan fingerprint density at radius 1 is 1.19 bits per heavy atom. The molecule has 1 aromatic rings. The van der Waals surface area contributed by atoms with Gasteiger partial charge in [0.1, 0.15) is 12.4 Å². The minimum atomic E-state index is -3.59. The van der Waals surface area contributed by atoms with Gasteiger partial charge in [-0.2, -0.15) is 0 Å². The van der Waals surface area contributed by atoms with Gasteiger partial charge in [-0.15, -0.1) is 12.4 Å². The van der Waals surface area contributed by atoms with E-state index in [9.17, 15) is 16.8 Å². The van der Waals surface area contributed by atoms with E-state index in [1.165, 1.54) is 12.1 Å². The van der Waals surface area contributed by atoms with Crippen molar-refractivity contribution < 1.29 is 21.6 Å². The minimum absolute atomic E-state index is 0. The van der Waals surface area contributed by atoms with E-state index in [0.29, 0.717) is 5.75 Å². The summed E-state index contributed by atoms with van der Waals surface area (Å²) in [6, 6.07) is 5.94. The summed E-state index contributed by atoms with van der Waals surface area (Å²) < 4.78 is 56.0. The molecule has 1 saturated heterocycles. The first kappa shape index (κ1) is 23.2. The molecule has 10 heteroatoms. The van der Waals surface area contributed by atoms with Crippen LogP contribution >= 0.6 is 12.4 Å². The lowest BCUT2D eigenvalue weighted by Crippen LogP contribution is -2.48. The topological polar surface area (TPSA) is 102 Å². The molecule has 1 aliphatic rings. The molecule has 150 valence electrons. The van der Waals surface area contributed by atoms with Gasteiger partial charge in [0.25, 0.3) is 0 Å². The molecule has 1 fully saturated rings. The zero-order valence-corrected chi connectivity index (χ0v) is 17.4. The Bertz CT molecular complexity index is 766. The molecule has 0 radical (unpaired) electrons. The van der Waals surface area contributed by atoms with Crippen LogP contribution in [0.5, 0.6) is 5.75 Å². The number of rotatable bonds is 8. The first-order valence-corrected chi connectivity index (χ1v) is 11.7. The lowest BCUT2D eigenvalue weighted by atomic mass is 9.97. The van der Waals surface area contributed by atoms with Crippen molar-refractivity contribution in [1.29, 1.82) is 0 Å². The number of sulfone groups is 1. The second-order valence-corrected chi connectivity index (χ2v) is 10.4. The third-order valence-corrected chi connectivity index (χ3v) is 7.50. The average Bonchev–Trinajstić information content (AvgIpc) is 2.57. The SMILES string of the molecule is CCS(=O)(=O)CCOc1ccc(S(=O)(=O)NC2CCNCC2C)cc1.Cl. The van der Waals surface area contributed by atoms with Gasteiger partial charge in [0.15, 0.2) is 9.84 Å². The van der Waals surface area contributed by atoms with E-state index in [1.807, 2.05) is 6.92 Å². The highest BCUT2D eigenvalue weighted by molar-refractivity contribution is 7.91. The van der Waals surface area contributed by atoms with Crippen molar-refractivity contribution in [3.8, 4) is 5.75 Å². The second kappa shape index (κ2) is 9.89. The van der Waals surface area contributed by atoms with Gasteiger partial charge in [0, 0.05) is 11.8 Å². The average molecular weight is 427 g/mol. The van der Waals surface area contributed by atoms with E-state index in [1.54, 1.807) is 19.1 Å². The minimum Gasteiger partial charge on any atom is -0.493 e. The molecule has 1 aromatic carbocycles. The fourth-order valence-corrected chi connectivity index (χ4v) is 4.61. The van der Waals surface area contributed by atoms with Gasteiger partial charge in [0.2, 0.25) is 10.0 Å². The molecule has 0 amide bonds. The standard InChI is InChI=1S/C16H26N2O5S2.ClH/c1-3-24(19,20)11-10-23-14-4-6-15(7-5-14)25(21,22)18-16-8-9-17-12-13(16)2;/h4-7,13,16-18H,3,8-12H2,1-2H3;1H. The summed E-state index contributed by atoms with van der Waals surface area (Å²) in [6.45, 7) is 5.24. The zero-order valence-electron chi connectivity index (χ0n) is 15.0. The summed E-state index contributed by atoms with van der Waals surface area (Å²) >= 11 is 0. The number of hydrogen-bond donors (Lipinski definition) is 2. The summed E-state index contributed by atoms with van der Waals surface area (Å²) in [5.41, 5.74) is 0. The van der Waals surface area contributed by atoms with Gasteiger partial charge in [-0.25, -0.2) is 21.6 Å². The van der Waals surface area contributed by atoms with Gasteiger partial charge in [-0.1, -0.05) is 13.8 Å². The summed E-state index contributed by atoms with van der Waals surface area (Å²) in [5.74, 6) is 0.694. The maximum atomic E-state index is 12.5. The van der Waals surface area contributed by atoms with Crippen LogP contribution in [0.25, 0.3) is 0 Å². The summed E-state index contributed by atoms with van der Waals surface area (Å²) in [7, 11) is -6.67. The van der Waals surface area contributed by atoms with Crippen molar-refractivity contribution in [2.45, 2.75) is 31.2 Å². The molecule has 0 spiro atoms. The Morgan fingerprint density at radius 3 is 2.42 bits per heavy atom. The Hall–Kier alpha value is -0.870. The van der Waals surface area contributed by atoms with Crippen LogP contribution < -0.4 is 14.8 Å². The Kier molecular flexibility index (Phi) is 8.81. The molecule has 0 bridgehead atoms. The van der Waals surface area contributed by atoms with E-state index in [-0.39, 0.29) is 47.4 Å². The highest BCUT2D eigenvalue weighted by Crippen LogP contribution is 2.19. The van der Waals surface area contributed by atoms with Crippen LogP contribution in [-0.2, 0) is 19.9 Å². The number of nitrogens with one attached hydrogen (secondary N) is 2. The van der Waals surface area contributed by atoms with Crippen LogP contribution in [0.3, 0.4) is 0 Å². The summed E-state index contributed by atoms with van der Waals surface area (Å²) in [5, 5.41) is 3.24. The van der Waals surface area contributed by atoms with Gasteiger partial charge in [-0.05, 0) is 49.7 Å². The number of ether oxygens (including phenoxy) is 1. The van der Waals surface area contributed by atoms with E-state index in [2.05, 4.69) is 10.0 Å². The first-order chi connectivity index (χ1) is 11.7. The highest BCUT2D eigenvalue weighted by atomic mass is 35.5. The van der Waals surface area contributed by atoms with E-state index in [4.69, 9.17) is 4.74 Å². The van der Waals surface area contributed by atoms with Crippen molar-refractivity contribution in [3.63, 3.8) is 0 Å². The van der Waals surface area contributed by atoms with Crippen molar-refractivity contribution in [1.82, 2.24) is 10.0 Å². The van der Waals surface area contributed by atoms with Gasteiger partial charge < -0.3 is 10.1 Å². The zero-order chi connectivity index (χ0) is 18.5. The predicted octanol–water partition coefficient (Wildman–Crippen LogP) is 1.20. The number of sulfonamides is 1. The fraction of sp³-hybridized carbons (Fsp3) is 0.625. The molecule has 2 unspecified atom stereocenters. The largest absolute Gasteiger partial charge is 0.493 e. The smallest absolute Gasteiger partial charge is 0.240 e. The van der Waals surface area contributed by atoms with Crippen molar-refractivity contribution in [3.05, 3.63) is 24.3 Å². The molecule has 1 heterocycles. The van der Waals surface area contributed by atoms with Crippen LogP contribution in [-0.4, -0.2) is 54.1 Å². The van der Waals surface area contributed by atoms with Gasteiger partial charge >= 0.3 is 0 Å². The number of hydrogen-bond acceptors (Lipinski definition) is 6. The Labute approximate surface area is 162 Å². The monoisotopic (exact) mass is 426 g/mol. The van der Waals surface area contributed by atoms with Crippen LogP contribution in [0.2, 0.25) is 0 Å². The summed E-state index contributed by atoms with van der Waals surface area (Å²) in [6.07, 6.45) is 0.757. The predicted molar refractivity (Wildman–Crippen MR) is 104 cm³/mol. The van der Waals surface area contributed by atoms with Crippen LogP contribution in [0.15, 0.2) is 29.2 Å². The summed E-state index contributed by atoms with van der Waals surface area (Å²) in [4.78, 5) is 0.173. The molecular weight excluding hydrogens is 400 g/mol. The van der Waals surface area contributed by atoms with Crippen LogP contribution in [0.4, 0.5) is 0 Å². The van der Waals surface area contributed by atoms with Crippen molar-refractivity contribution in [2.75, 3.05) is 31.2 Å². The normalized spacial score (nSPS) is 21.0. The third-order valence-electron chi connectivity index (χ3n) is 4.33. The van der Waals surface area contributed by atoms with Crippen LogP contribution in [0, 0.1) is 5.92 Å². The molecule has 1 aliphatic heterocycles.